The molecule has 0 aliphatic rings. The fourth-order valence-corrected chi connectivity index (χ4v) is 2.58. The van der Waals surface area contributed by atoms with Crippen molar-refractivity contribution in [3.63, 3.8) is 0 Å². The second-order valence-corrected chi connectivity index (χ2v) is 6.48. The van der Waals surface area contributed by atoms with Gasteiger partial charge >= 0.3 is 0 Å². The second kappa shape index (κ2) is 8.94. The predicted molar refractivity (Wildman–Crippen MR) is 101 cm³/mol. The molecule has 0 aliphatic heterocycles. The molecule has 128 valence electrons. The van der Waals surface area contributed by atoms with Gasteiger partial charge < -0.3 is 14.8 Å². The summed E-state index contributed by atoms with van der Waals surface area (Å²) in [5, 5.41) is 3.17. The minimum absolute atomic E-state index is 0.266. The number of ether oxygens (including phenoxy) is 2. The summed E-state index contributed by atoms with van der Waals surface area (Å²) >= 11 is 9.63. The van der Waals surface area contributed by atoms with Crippen LogP contribution in [0.1, 0.15) is 30.1 Å². The minimum Gasteiger partial charge on any atom is -0.493 e. The Kier molecular flexibility index (Phi) is 6.94. The van der Waals surface area contributed by atoms with Crippen LogP contribution >= 0.6 is 27.5 Å². The third-order valence-corrected chi connectivity index (χ3v) is 4.15. The summed E-state index contributed by atoms with van der Waals surface area (Å²) in [5.41, 5.74) is 1.10. The van der Waals surface area contributed by atoms with Crippen molar-refractivity contribution in [2.45, 2.75) is 19.8 Å². The lowest BCUT2D eigenvalue weighted by atomic mass is 10.1. The van der Waals surface area contributed by atoms with Crippen molar-refractivity contribution >= 4 is 39.1 Å². The number of anilines is 1. The molecule has 0 atom stereocenters. The molecule has 24 heavy (non-hydrogen) atoms. The molecule has 6 heteroatoms. The van der Waals surface area contributed by atoms with Gasteiger partial charge in [0.05, 0.1) is 18.7 Å². The molecule has 0 unspecified atom stereocenters. The molecule has 0 fully saturated rings. The number of nitrogens with one attached hydrogen (secondary N) is 1. The Bertz CT molecular complexity index is 704. The lowest BCUT2D eigenvalue weighted by molar-refractivity contribution is 0.102. The number of halogens is 2. The fourth-order valence-electron chi connectivity index (χ4n) is 2.05. The maximum absolute atomic E-state index is 12.4. The second-order valence-electron chi connectivity index (χ2n) is 5.15. The number of rotatable bonds is 7. The molecule has 0 aromatic heterocycles. The van der Waals surface area contributed by atoms with Gasteiger partial charge in [-0.15, -0.1) is 0 Å². The highest BCUT2D eigenvalue weighted by atomic mass is 79.9. The average Bonchev–Trinajstić information content (AvgIpc) is 2.58. The summed E-state index contributed by atoms with van der Waals surface area (Å²) in [6.45, 7) is 2.63. The number of benzene rings is 2. The van der Waals surface area contributed by atoms with E-state index in [1.807, 2.05) is 24.3 Å². The van der Waals surface area contributed by atoms with E-state index >= 15 is 0 Å². The highest BCUT2D eigenvalue weighted by Gasteiger charge is 2.16. The summed E-state index contributed by atoms with van der Waals surface area (Å²) in [6, 6.07) is 10.5. The number of amides is 1. The van der Waals surface area contributed by atoms with Crippen LogP contribution in [0, 0.1) is 0 Å². The van der Waals surface area contributed by atoms with Crippen LogP contribution < -0.4 is 14.8 Å². The Labute approximate surface area is 155 Å². The topological polar surface area (TPSA) is 47.6 Å². The van der Waals surface area contributed by atoms with E-state index < -0.39 is 0 Å². The third-order valence-electron chi connectivity index (χ3n) is 3.34. The SMILES string of the molecule is CCCCOc1c(Cl)cc(C(=O)Nc2ccc(Br)cc2)cc1OC. The third kappa shape index (κ3) is 4.89. The summed E-state index contributed by atoms with van der Waals surface area (Å²) in [7, 11) is 1.52. The van der Waals surface area contributed by atoms with Crippen molar-refractivity contribution in [3.05, 3.63) is 51.5 Å². The van der Waals surface area contributed by atoms with Gasteiger partial charge in [0.2, 0.25) is 0 Å². The zero-order valence-electron chi connectivity index (χ0n) is 13.6. The summed E-state index contributed by atoms with van der Waals surface area (Å²) < 4.78 is 11.9. The first-order valence-corrected chi connectivity index (χ1v) is 8.79. The lowest BCUT2D eigenvalue weighted by Gasteiger charge is -2.14. The molecule has 0 heterocycles. The minimum atomic E-state index is -0.266. The monoisotopic (exact) mass is 411 g/mol. The first kappa shape index (κ1) is 18.6. The van der Waals surface area contributed by atoms with Crippen molar-refractivity contribution in [2.24, 2.45) is 0 Å². The average molecular weight is 413 g/mol. The van der Waals surface area contributed by atoms with Crippen molar-refractivity contribution in [1.29, 1.82) is 0 Å². The molecule has 1 N–H and O–H groups in total. The molecule has 2 aromatic rings. The molecule has 0 spiro atoms. The number of carbonyl (C=O) groups is 1. The van der Waals surface area contributed by atoms with Crippen LogP contribution in [0.3, 0.4) is 0 Å². The molecule has 1 amide bonds. The van der Waals surface area contributed by atoms with E-state index in [2.05, 4.69) is 28.2 Å². The molecule has 0 bridgehead atoms. The van der Waals surface area contributed by atoms with E-state index in [1.165, 1.54) is 7.11 Å². The molecular weight excluding hydrogens is 394 g/mol. The van der Waals surface area contributed by atoms with Crippen LogP contribution in [0.15, 0.2) is 40.9 Å². The van der Waals surface area contributed by atoms with E-state index in [0.717, 1.165) is 17.3 Å². The van der Waals surface area contributed by atoms with Gasteiger partial charge in [-0.3, -0.25) is 4.79 Å². The quantitative estimate of drug-likeness (QED) is 0.607. The van der Waals surface area contributed by atoms with Gasteiger partial charge in [-0.1, -0.05) is 40.9 Å². The standard InChI is InChI=1S/C18H19BrClNO3/c1-3-4-9-24-17-15(20)10-12(11-16(17)23-2)18(22)21-14-7-5-13(19)6-8-14/h5-8,10-11H,3-4,9H2,1-2H3,(H,21,22). The smallest absolute Gasteiger partial charge is 0.255 e. The molecule has 0 saturated heterocycles. The first-order chi connectivity index (χ1) is 11.5. The maximum atomic E-state index is 12.4. The van der Waals surface area contributed by atoms with Gasteiger partial charge in [0.1, 0.15) is 0 Å². The van der Waals surface area contributed by atoms with Crippen LogP contribution in [0.5, 0.6) is 11.5 Å². The van der Waals surface area contributed by atoms with Crippen LogP contribution in [0.25, 0.3) is 0 Å². The van der Waals surface area contributed by atoms with E-state index in [1.54, 1.807) is 12.1 Å². The van der Waals surface area contributed by atoms with Crippen LogP contribution in [-0.2, 0) is 0 Å². The van der Waals surface area contributed by atoms with Crippen LogP contribution in [-0.4, -0.2) is 19.6 Å². The van der Waals surface area contributed by atoms with Crippen LogP contribution in [0.2, 0.25) is 5.02 Å². The number of hydrogen-bond donors (Lipinski definition) is 1. The molecule has 0 radical (unpaired) electrons. The Morgan fingerprint density at radius 3 is 2.58 bits per heavy atom. The highest BCUT2D eigenvalue weighted by Crippen LogP contribution is 2.36. The van der Waals surface area contributed by atoms with Crippen molar-refractivity contribution < 1.29 is 14.3 Å². The van der Waals surface area contributed by atoms with Gasteiger partial charge in [-0.05, 0) is 42.8 Å². The zero-order valence-corrected chi connectivity index (χ0v) is 15.9. The number of carbonyl (C=O) groups excluding carboxylic acids is 1. The zero-order chi connectivity index (χ0) is 17.5. The summed E-state index contributed by atoms with van der Waals surface area (Å²) in [6.07, 6.45) is 1.94. The molecular formula is C18H19BrClNO3. The fraction of sp³-hybridized carbons (Fsp3) is 0.278. The Morgan fingerprint density at radius 1 is 1.25 bits per heavy atom. The first-order valence-electron chi connectivity index (χ1n) is 7.62. The molecule has 2 aromatic carbocycles. The van der Waals surface area contributed by atoms with Gasteiger partial charge in [0.25, 0.3) is 5.91 Å². The lowest BCUT2D eigenvalue weighted by Crippen LogP contribution is -2.12. The number of unbranched alkanes of at least 4 members (excludes halogenated alkanes) is 1. The van der Waals surface area contributed by atoms with Crippen molar-refractivity contribution in [2.75, 3.05) is 19.0 Å². The largest absolute Gasteiger partial charge is 0.493 e. The van der Waals surface area contributed by atoms with Gasteiger partial charge in [-0.2, -0.15) is 0 Å². The predicted octanol–water partition coefficient (Wildman–Crippen LogP) is 5.54. The Balaban J connectivity index is 2.19. The van der Waals surface area contributed by atoms with E-state index in [0.29, 0.717) is 34.4 Å². The van der Waals surface area contributed by atoms with Gasteiger partial charge in [0, 0.05) is 15.7 Å². The Morgan fingerprint density at radius 2 is 1.96 bits per heavy atom. The van der Waals surface area contributed by atoms with Crippen LogP contribution in [0.4, 0.5) is 5.69 Å². The van der Waals surface area contributed by atoms with Gasteiger partial charge in [0.15, 0.2) is 11.5 Å². The summed E-state index contributed by atoms with van der Waals surface area (Å²) in [5.74, 6) is 0.644. The molecule has 0 aliphatic carbocycles. The van der Waals surface area contributed by atoms with Crippen molar-refractivity contribution in [3.8, 4) is 11.5 Å². The Hall–Kier alpha value is -1.72. The molecule has 4 nitrogen and oxygen atoms in total. The molecule has 2 rings (SSSR count). The normalized spacial score (nSPS) is 10.3. The van der Waals surface area contributed by atoms with Gasteiger partial charge in [-0.25, -0.2) is 0 Å². The van der Waals surface area contributed by atoms with E-state index in [4.69, 9.17) is 21.1 Å². The van der Waals surface area contributed by atoms with E-state index in [9.17, 15) is 4.79 Å². The number of hydrogen-bond acceptors (Lipinski definition) is 3. The maximum Gasteiger partial charge on any atom is 0.255 e. The highest BCUT2D eigenvalue weighted by molar-refractivity contribution is 9.10. The van der Waals surface area contributed by atoms with E-state index in [-0.39, 0.29) is 5.91 Å². The molecule has 0 saturated carbocycles. The number of methoxy groups -OCH3 is 1. The summed E-state index contributed by atoms with van der Waals surface area (Å²) in [4.78, 5) is 12.4. The van der Waals surface area contributed by atoms with Crippen molar-refractivity contribution in [1.82, 2.24) is 0 Å².